The number of amides is 1. The maximum absolute atomic E-state index is 12.7. The third kappa shape index (κ3) is 3.65. The van der Waals surface area contributed by atoms with Crippen LogP contribution in [0, 0.1) is 0 Å². The summed E-state index contributed by atoms with van der Waals surface area (Å²) in [6.07, 6.45) is -0.334. The second-order valence-corrected chi connectivity index (χ2v) is 5.63. The van der Waals surface area contributed by atoms with Crippen molar-refractivity contribution in [2.24, 2.45) is 0 Å². The van der Waals surface area contributed by atoms with Gasteiger partial charge in [0.25, 0.3) is 0 Å². The number of aliphatic carboxylic acids is 1. The molecule has 1 aliphatic rings. The first kappa shape index (κ1) is 17.7. The Labute approximate surface area is 139 Å². The van der Waals surface area contributed by atoms with E-state index in [4.69, 9.17) is 14.9 Å². The Morgan fingerprint density at radius 3 is 2.62 bits per heavy atom. The van der Waals surface area contributed by atoms with Gasteiger partial charge in [-0.3, -0.25) is 9.59 Å². The molecule has 1 aromatic rings. The zero-order chi connectivity index (χ0) is 17.9. The van der Waals surface area contributed by atoms with Gasteiger partial charge in [-0.1, -0.05) is 0 Å². The first-order valence-corrected chi connectivity index (χ1v) is 7.43. The summed E-state index contributed by atoms with van der Waals surface area (Å²) in [5.74, 6) is -2.44. The van der Waals surface area contributed by atoms with Crippen molar-refractivity contribution in [2.45, 2.75) is 19.0 Å². The number of fused-ring (bicyclic) bond motifs is 1. The number of hydrogen-bond donors (Lipinski definition) is 2. The first-order chi connectivity index (χ1) is 11.3. The molecule has 130 valence electrons. The van der Waals surface area contributed by atoms with E-state index in [1.165, 1.54) is 24.1 Å². The fraction of sp³-hybridized carbons (Fsp3) is 0.438. The van der Waals surface area contributed by atoms with Crippen molar-refractivity contribution in [3.05, 3.63) is 29.3 Å². The molecule has 0 saturated carbocycles. The van der Waals surface area contributed by atoms with Gasteiger partial charge in [-0.05, 0) is 23.8 Å². The topological polar surface area (TPSA) is 107 Å². The molecular formula is C16H20N2O6. The Hall–Kier alpha value is -2.61. The van der Waals surface area contributed by atoms with E-state index < -0.39 is 18.0 Å². The molecule has 0 aliphatic carbocycles. The van der Waals surface area contributed by atoms with E-state index in [1.807, 2.05) is 0 Å². The molecule has 1 amide bonds. The number of carbonyl (C=O) groups is 3. The van der Waals surface area contributed by atoms with Gasteiger partial charge >= 0.3 is 11.9 Å². The minimum absolute atomic E-state index is 0.123. The van der Waals surface area contributed by atoms with Gasteiger partial charge in [0.1, 0.15) is 6.04 Å². The number of benzene rings is 1. The summed E-state index contributed by atoms with van der Waals surface area (Å²) in [5.41, 5.74) is 1.44. The number of rotatable bonds is 6. The molecule has 0 spiro atoms. The molecule has 1 heterocycles. The smallest absolute Gasteiger partial charge is 0.335 e. The molecule has 1 aromatic carbocycles. The number of ether oxygens (including phenoxy) is 1. The molecule has 8 heteroatoms. The Kier molecular flexibility index (Phi) is 5.40. The second kappa shape index (κ2) is 7.31. The number of likely N-dealkylation sites (N-methyl/N-ethyl adjacent to an activating group) is 1. The van der Waals surface area contributed by atoms with E-state index in [9.17, 15) is 14.4 Å². The average molecular weight is 336 g/mol. The molecule has 24 heavy (non-hydrogen) atoms. The maximum atomic E-state index is 12.7. The van der Waals surface area contributed by atoms with E-state index in [1.54, 1.807) is 18.0 Å². The van der Waals surface area contributed by atoms with E-state index in [2.05, 4.69) is 0 Å². The van der Waals surface area contributed by atoms with Crippen molar-refractivity contribution < 1.29 is 29.3 Å². The molecule has 0 saturated heterocycles. The van der Waals surface area contributed by atoms with E-state index >= 15 is 0 Å². The highest BCUT2D eigenvalue weighted by Gasteiger charge is 2.34. The summed E-state index contributed by atoms with van der Waals surface area (Å²) < 4.78 is 5.01. The number of carbonyl (C=O) groups excluding carboxylic acids is 1. The third-order valence-electron chi connectivity index (χ3n) is 4.07. The number of hydrogen-bond acceptors (Lipinski definition) is 5. The van der Waals surface area contributed by atoms with Crippen LogP contribution >= 0.6 is 0 Å². The fourth-order valence-electron chi connectivity index (χ4n) is 2.80. The number of nitrogens with zero attached hydrogens (tertiary/aromatic N) is 2. The Morgan fingerprint density at radius 2 is 2.04 bits per heavy atom. The van der Waals surface area contributed by atoms with Crippen molar-refractivity contribution in [3.8, 4) is 0 Å². The lowest BCUT2D eigenvalue weighted by Gasteiger charge is -2.28. The zero-order valence-corrected chi connectivity index (χ0v) is 13.6. The van der Waals surface area contributed by atoms with Crippen LogP contribution < -0.4 is 4.90 Å². The van der Waals surface area contributed by atoms with Crippen LogP contribution in [0.5, 0.6) is 0 Å². The average Bonchev–Trinajstić information content (AvgIpc) is 2.62. The maximum Gasteiger partial charge on any atom is 0.335 e. The normalized spacial score (nSPS) is 17.4. The highest BCUT2D eigenvalue weighted by atomic mass is 16.5. The molecule has 2 rings (SSSR count). The minimum Gasteiger partial charge on any atom is -0.481 e. The van der Waals surface area contributed by atoms with E-state index in [0.717, 1.165) is 0 Å². The third-order valence-corrected chi connectivity index (χ3v) is 4.07. The van der Waals surface area contributed by atoms with Gasteiger partial charge in [0.15, 0.2) is 0 Å². The van der Waals surface area contributed by atoms with Gasteiger partial charge in [0, 0.05) is 32.9 Å². The largest absolute Gasteiger partial charge is 0.481 e. The first-order valence-electron chi connectivity index (χ1n) is 7.43. The summed E-state index contributed by atoms with van der Waals surface area (Å²) in [6.45, 7) is 0.818. The molecule has 8 nitrogen and oxygen atoms in total. The van der Waals surface area contributed by atoms with E-state index in [-0.39, 0.29) is 24.4 Å². The molecule has 0 bridgehead atoms. The van der Waals surface area contributed by atoms with Gasteiger partial charge in [-0.2, -0.15) is 0 Å². The number of anilines is 1. The van der Waals surface area contributed by atoms with Crippen LogP contribution in [0.3, 0.4) is 0 Å². The Bertz CT molecular complexity index is 660. The monoisotopic (exact) mass is 336 g/mol. The summed E-state index contributed by atoms with van der Waals surface area (Å²) in [7, 11) is 3.16. The van der Waals surface area contributed by atoms with Crippen LogP contribution in [0.2, 0.25) is 0 Å². The van der Waals surface area contributed by atoms with Crippen molar-refractivity contribution in [2.75, 3.05) is 32.2 Å². The summed E-state index contributed by atoms with van der Waals surface area (Å²) >= 11 is 0. The van der Waals surface area contributed by atoms with Crippen molar-refractivity contribution in [3.63, 3.8) is 0 Å². The minimum atomic E-state index is -1.07. The highest BCUT2D eigenvalue weighted by molar-refractivity contribution is 5.92. The zero-order valence-electron chi connectivity index (χ0n) is 13.6. The quantitative estimate of drug-likeness (QED) is 0.785. The SMILES string of the molecule is COCCN1Cc2cc(C(=O)O)ccc2N(C)C(CC(=O)O)C1=O. The highest BCUT2D eigenvalue weighted by Crippen LogP contribution is 2.29. The number of aromatic carboxylic acids is 1. The molecule has 1 atom stereocenters. The van der Waals surface area contributed by atoms with Gasteiger partial charge in [0.2, 0.25) is 5.91 Å². The van der Waals surface area contributed by atoms with Crippen molar-refractivity contribution >= 4 is 23.5 Å². The van der Waals surface area contributed by atoms with Gasteiger partial charge < -0.3 is 24.7 Å². The van der Waals surface area contributed by atoms with Crippen LogP contribution in [0.1, 0.15) is 22.3 Å². The molecule has 0 aromatic heterocycles. The van der Waals surface area contributed by atoms with Crippen molar-refractivity contribution in [1.29, 1.82) is 0 Å². The molecule has 0 radical (unpaired) electrons. The van der Waals surface area contributed by atoms with Crippen molar-refractivity contribution in [1.82, 2.24) is 4.90 Å². The lowest BCUT2D eigenvalue weighted by atomic mass is 10.1. The fourth-order valence-corrected chi connectivity index (χ4v) is 2.80. The molecule has 1 unspecified atom stereocenters. The number of carboxylic acid groups (broad SMARTS) is 2. The van der Waals surface area contributed by atoms with Crippen LogP contribution in [-0.4, -0.2) is 66.3 Å². The molecule has 1 aliphatic heterocycles. The van der Waals surface area contributed by atoms with Crippen LogP contribution in [-0.2, 0) is 20.9 Å². The predicted octanol–water partition coefficient (Wildman–Crippen LogP) is 0.653. The van der Waals surface area contributed by atoms with Gasteiger partial charge in [0.05, 0.1) is 18.6 Å². The number of methoxy groups -OCH3 is 1. The number of carboxylic acids is 2. The predicted molar refractivity (Wildman–Crippen MR) is 85.1 cm³/mol. The van der Waals surface area contributed by atoms with Gasteiger partial charge in [-0.15, -0.1) is 0 Å². The molecule has 2 N–H and O–H groups in total. The van der Waals surface area contributed by atoms with Crippen LogP contribution in [0.15, 0.2) is 18.2 Å². The summed E-state index contributed by atoms with van der Waals surface area (Å²) in [5, 5.41) is 18.3. The Morgan fingerprint density at radius 1 is 1.33 bits per heavy atom. The molecule has 0 fully saturated rings. The standard InChI is InChI=1S/C16H20N2O6/c1-17-12-4-3-10(16(22)23)7-11(12)9-18(5-6-24-2)15(21)13(17)8-14(19)20/h3-4,7,13H,5-6,8-9H2,1-2H3,(H,19,20)(H,22,23). The lowest BCUT2D eigenvalue weighted by molar-refractivity contribution is -0.142. The second-order valence-electron chi connectivity index (χ2n) is 5.63. The lowest BCUT2D eigenvalue weighted by Crippen LogP contribution is -2.47. The van der Waals surface area contributed by atoms with Crippen LogP contribution in [0.4, 0.5) is 5.69 Å². The van der Waals surface area contributed by atoms with Crippen LogP contribution in [0.25, 0.3) is 0 Å². The van der Waals surface area contributed by atoms with E-state index in [0.29, 0.717) is 24.4 Å². The van der Waals surface area contributed by atoms with Gasteiger partial charge in [-0.25, -0.2) is 4.79 Å². The summed E-state index contributed by atoms with van der Waals surface area (Å²) in [6, 6.07) is 3.73. The molecular weight excluding hydrogens is 316 g/mol. The Balaban J connectivity index is 2.46. The summed E-state index contributed by atoms with van der Waals surface area (Å²) in [4.78, 5) is 38.2.